The van der Waals surface area contributed by atoms with Crippen LogP contribution in [0.25, 0.3) is 11.3 Å². The Kier molecular flexibility index (Phi) is 4.39. The first-order valence-electron chi connectivity index (χ1n) is 7.98. The maximum absolute atomic E-state index is 12.4. The topological polar surface area (TPSA) is 66.3 Å². The molecule has 0 bridgehead atoms. The second-order valence-electron chi connectivity index (χ2n) is 5.92. The zero-order valence-corrected chi connectivity index (χ0v) is 13.5. The highest BCUT2D eigenvalue weighted by Crippen LogP contribution is 2.23. The van der Waals surface area contributed by atoms with Gasteiger partial charge in [0.05, 0.1) is 11.8 Å². The molecule has 23 heavy (non-hydrogen) atoms. The van der Waals surface area contributed by atoms with Gasteiger partial charge in [-0.15, -0.1) is 0 Å². The zero-order chi connectivity index (χ0) is 16.4. The highest BCUT2D eigenvalue weighted by molar-refractivity contribution is 5.94. The molecule has 5 heteroatoms. The van der Waals surface area contributed by atoms with Crippen LogP contribution in [0.1, 0.15) is 35.1 Å². The number of amides is 1. The fourth-order valence-electron chi connectivity index (χ4n) is 2.88. The Balaban J connectivity index is 1.85. The number of carbonyl (C=O) groups excluding carboxylic acids is 1. The van der Waals surface area contributed by atoms with Gasteiger partial charge in [0.15, 0.2) is 0 Å². The lowest BCUT2D eigenvalue weighted by Crippen LogP contribution is -2.29. The van der Waals surface area contributed by atoms with Gasteiger partial charge in [0.2, 0.25) is 0 Å². The minimum Gasteiger partial charge on any atom is -0.391 e. The third-order valence-corrected chi connectivity index (χ3v) is 4.22. The van der Waals surface area contributed by atoms with Crippen molar-refractivity contribution in [2.75, 3.05) is 13.1 Å². The number of aryl methyl sites for hydroxylation is 2. The predicted octanol–water partition coefficient (Wildman–Crippen LogP) is 2.22. The molecule has 2 heterocycles. The van der Waals surface area contributed by atoms with E-state index in [9.17, 15) is 9.90 Å². The van der Waals surface area contributed by atoms with Crippen LogP contribution in [0, 0.1) is 6.92 Å². The largest absolute Gasteiger partial charge is 0.391 e. The third-order valence-electron chi connectivity index (χ3n) is 4.22. The van der Waals surface area contributed by atoms with Crippen molar-refractivity contribution in [1.29, 1.82) is 0 Å². The summed E-state index contributed by atoms with van der Waals surface area (Å²) in [7, 11) is 0. The first-order valence-corrected chi connectivity index (χ1v) is 7.98. The number of hydrogen-bond donors (Lipinski definition) is 1. The molecule has 0 radical (unpaired) electrons. The highest BCUT2D eigenvalue weighted by atomic mass is 16.3. The maximum atomic E-state index is 12.4. The molecule has 1 amide bonds. The molecule has 5 nitrogen and oxygen atoms in total. The van der Waals surface area contributed by atoms with E-state index in [0.717, 1.165) is 29.1 Å². The number of carbonyl (C=O) groups is 1. The van der Waals surface area contributed by atoms with Gasteiger partial charge < -0.3 is 10.0 Å². The fraction of sp³-hybridized carbons (Fsp3) is 0.389. The molecule has 1 fully saturated rings. The predicted molar refractivity (Wildman–Crippen MR) is 88.1 cm³/mol. The molecule has 2 aromatic rings. The van der Waals surface area contributed by atoms with Gasteiger partial charge in [0.1, 0.15) is 5.82 Å². The quantitative estimate of drug-likeness (QED) is 0.944. The first-order chi connectivity index (χ1) is 11.1. The van der Waals surface area contributed by atoms with Crippen LogP contribution in [0.15, 0.2) is 30.5 Å². The lowest BCUT2D eigenvalue weighted by molar-refractivity contribution is 0.0765. The second kappa shape index (κ2) is 6.46. The average Bonchev–Trinajstić information content (AvgIpc) is 3.01. The number of β-amino-alcohol motifs (C(OH)–C–C–N with tert-alkyl or cyclic N) is 1. The third kappa shape index (κ3) is 3.24. The Morgan fingerprint density at radius 3 is 2.70 bits per heavy atom. The summed E-state index contributed by atoms with van der Waals surface area (Å²) in [5, 5.41) is 9.56. The molecule has 1 saturated heterocycles. The van der Waals surface area contributed by atoms with Crippen LogP contribution in [0.2, 0.25) is 0 Å². The van der Waals surface area contributed by atoms with Gasteiger partial charge in [-0.2, -0.15) is 0 Å². The van der Waals surface area contributed by atoms with Gasteiger partial charge >= 0.3 is 0 Å². The standard InChI is InChI=1S/C18H21N3O2/c1-3-13-10-19-12(2)20-17(13)14-4-6-15(7-5-14)18(23)21-9-8-16(22)11-21/h4-7,10,16,22H,3,8-9,11H2,1-2H3. The molecule has 3 rings (SSSR count). The van der Waals surface area contributed by atoms with Crippen LogP contribution < -0.4 is 0 Å². The molecule has 0 aliphatic carbocycles. The van der Waals surface area contributed by atoms with E-state index in [-0.39, 0.29) is 5.91 Å². The van der Waals surface area contributed by atoms with E-state index in [4.69, 9.17) is 0 Å². The summed E-state index contributed by atoms with van der Waals surface area (Å²) in [6.45, 7) is 4.99. The van der Waals surface area contributed by atoms with E-state index < -0.39 is 6.10 Å². The molecule has 0 saturated carbocycles. The summed E-state index contributed by atoms with van der Waals surface area (Å²) in [4.78, 5) is 22.9. The Hall–Kier alpha value is -2.27. The summed E-state index contributed by atoms with van der Waals surface area (Å²) >= 11 is 0. The van der Waals surface area contributed by atoms with Gasteiger partial charge in [0, 0.05) is 30.4 Å². The van der Waals surface area contributed by atoms with E-state index >= 15 is 0 Å². The van der Waals surface area contributed by atoms with Crippen LogP contribution in [0.4, 0.5) is 0 Å². The minimum absolute atomic E-state index is 0.0253. The van der Waals surface area contributed by atoms with E-state index in [1.54, 1.807) is 4.90 Å². The van der Waals surface area contributed by atoms with Gasteiger partial charge in [-0.05, 0) is 37.5 Å². The number of aliphatic hydroxyl groups is 1. The number of rotatable bonds is 3. The van der Waals surface area contributed by atoms with Crippen LogP contribution >= 0.6 is 0 Å². The number of nitrogens with zero attached hydrogens (tertiary/aromatic N) is 3. The van der Waals surface area contributed by atoms with Crippen LogP contribution in [-0.2, 0) is 6.42 Å². The number of benzene rings is 1. The Morgan fingerprint density at radius 1 is 1.35 bits per heavy atom. The Labute approximate surface area is 136 Å². The SMILES string of the molecule is CCc1cnc(C)nc1-c1ccc(C(=O)N2CCC(O)C2)cc1. The van der Waals surface area contributed by atoms with Crippen LogP contribution in [0.5, 0.6) is 0 Å². The fourth-order valence-corrected chi connectivity index (χ4v) is 2.88. The molecule has 120 valence electrons. The van der Waals surface area contributed by atoms with E-state index in [2.05, 4.69) is 16.9 Å². The molecule has 1 N–H and O–H groups in total. The molecular weight excluding hydrogens is 290 g/mol. The van der Waals surface area contributed by atoms with E-state index in [1.165, 1.54) is 0 Å². The lowest BCUT2D eigenvalue weighted by atomic mass is 10.0. The summed E-state index contributed by atoms with van der Waals surface area (Å²) in [6.07, 6.45) is 2.99. The highest BCUT2D eigenvalue weighted by Gasteiger charge is 2.25. The van der Waals surface area contributed by atoms with Gasteiger partial charge in [-0.25, -0.2) is 9.97 Å². The van der Waals surface area contributed by atoms with Crippen molar-refractivity contribution in [3.63, 3.8) is 0 Å². The van der Waals surface area contributed by atoms with Crippen LogP contribution in [-0.4, -0.2) is 45.1 Å². The van der Waals surface area contributed by atoms with Crippen molar-refractivity contribution in [3.05, 3.63) is 47.4 Å². The monoisotopic (exact) mass is 311 g/mol. The average molecular weight is 311 g/mol. The molecule has 0 spiro atoms. The van der Waals surface area contributed by atoms with Gasteiger partial charge in [0.25, 0.3) is 5.91 Å². The number of likely N-dealkylation sites (tertiary alicyclic amines) is 1. The molecular formula is C18H21N3O2. The summed E-state index contributed by atoms with van der Waals surface area (Å²) in [5.41, 5.74) is 3.66. The molecule has 1 aliphatic heterocycles. The first kappa shape index (κ1) is 15.6. The van der Waals surface area contributed by atoms with Crippen molar-refractivity contribution in [2.24, 2.45) is 0 Å². The Bertz CT molecular complexity index is 713. The number of hydrogen-bond acceptors (Lipinski definition) is 4. The minimum atomic E-state index is -0.394. The van der Waals surface area contributed by atoms with Crippen molar-refractivity contribution < 1.29 is 9.90 Å². The summed E-state index contributed by atoms with van der Waals surface area (Å²) in [5.74, 6) is 0.714. The molecule has 1 atom stereocenters. The van der Waals surface area contributed by atoms with Crippen molar-refractivity contribution in [1.82, 2.24) is 14.9 Å². The zero-order valence-electron chi connectivity index (χ0n) is 13.5. The molecule has 1 aromatic heterocycles. The van der Waals surface area contributed by atoms with Gasteiger partial charge in [-0.1, -0.05) is 19.1 Å². The smallest absolute Gasteiger partial charge is 0.253 e. The molecule has 1 unspecified atom stereocenters. The maximum Gasteiger partial charge on any atom is 0.253 e. The lowest BCUT2D eigenvalue weighted by Gasteiger charge is -2.16. The van der Waals surface area contributed by atoms with Crippen molar-refractivity contribution in [3.8, 4) is 11.3 Å². The summed E-state index contributed by atoms with van der Waals surface area (Å²) < 4.78 is 0. The van der Waals surface area contributed by atoms with Crippen molar-refractivity contribution in [2.45, 2.75) is 32.8 Å². The number of aromatic nitrogens is 2. The van der Waals surface area contributed by atoms with Gasteiger partial charge in [-0.3, -0.25) is 4.79 Å². The number of aliphatic hydroxyl groups excluding tert-OH is 1. The second-order valence-corrected chi connectivity index (χ2v) is 5.92. The van der Waals surface area contributed by atoms with E-state index in [1.807, 2.05) is 37.4 Å². The van der Waals surface area contributed by atoms with E-state index in [0.29, 0.717) is 25.1 Å². The normalized spacial score (nSPS) is 17.5. The van der Waals surface area contributed by atoms with Crippen molar-refractivity contribution >= 4 is 5.91 Å². The van der Waals surface area contributed by atoms with Crippen LogP contribution in [0.3, 0.4) is 0 Å². The molecule has 1 aliphatic rings. The Morgan fingerprint density at radius 2 is 2.09 bits per heavy atom. The summed E-state index contributed by atoms with van der Waals surface area (Å²) in [6, 6.07) is 7.53. The molecule has 1 aromatic carbocycles.